The maximum absolute atomic E-state index is 13.4. The Labute approximate surface area is 228 Å². The molecule has 3 aromatic rings. The van der Waals surface area contributed by atoms with E-state index in [1.807, 2.05) is 12.1 Å². The molecule has 0 unspecified atom stereocenters. The summed E-state index contributed by atoms with van der Waals surface area (Å²) in [6.45, 7) is 1.62. The first-order valence-corrected chi connectivity index (χ1v) is 12.2. The third-order valence-electron chi connectivity index (χ3n) is 6.12. The van der Waals surface area contributed by atoms with Gasteiger partial charge >= 0.3 is 11.9 Å². The summed E-state index contributed by atoms with van der Waals surface area (Å²) in [6, 6.07) is 21.1. The summed E-state index contributed by atoms with van der Waals surface area (Å²) in [4.78, 5) is 26.6. The van der Waals surface area contributed by atoms with Crippen LogP contribution in [0.5, 0.6) is 17.2 Å². The summed E-state index contributed by atoms with van der Waals surface area (Å²) < 4.78 is 39.1. The number of ether oxygens (including phenoxy) is 7. The molecule has 0 fully saturated rings. The van der Waals surface area contributed by atoms with Crippen molar-refractivity contribution in [3.05, 3.63) is 89.5 Å². The van der Waals surface area contributed by atoms with Gasteiger partial charge in [0.1, 0.15) is 11.9 Å². The van der Waals surface area contributed by atoms with Crippen molar-refractivity contribution in [3.63, 3.8) is 0 Å². The zero-order valence-corrected chi connectivity index (χ0v) is 22.9. The smallest absolute Gasteiger partial charge is 0.340 e. The molecule has 0 N–H and O–H groups in total. The maximum Gasteiger partial charge on any atom is 0.340 e. The monoisotopic (exact) mass is 538 g/mol. The molecular weight excluding hydrogens is 504 g/mol. The van der Waals surface area contributed by atoms with Gasteiger partial charge in [0.25, 0.3) is 0 Å². The number of methoxy groups -OCH3 is 5. The summed E-state index contributed by atoms with van der Waals surface area (Å²) >= 11 is 0. The first-order valence-electron chi connectivity index (χ1n) is 12.2. The lowest BCUT2D eigenvalue weighted by molar-refractivity contribution is -0.180. The van der Waals surface area contributed by atoms with Crippen LogP contribution >= 0.6 is 0 Å². The zero-order chi connectivity index (χ0) is 28.4. The van der Waals surface area contributed by atoms with Gasteiger partial charge < -0.3 is 33.2 Å². The number of benzene rings is 3. The Bertz CT molecular complexity index is 1210. The van der Waals surface area contributed by atoms with Crippen molar-refractivity contribution < 1.29 is 42.7 Å². The van der Waals surface area contributed by atoms with Crippen LogP contribution < -0.4 is 14.2 Å². The Hall–Kier alpha value is -4.08. The number of esters is 2. The van der Waals surface area contributed by atoms with Gasteiger partial charge in [-0.3, -0.25) is 0 Å². The minimum Gasteiger partial charge on any atom is -0.496 e. The molecule has 0 aliphatic carbocycles. The zero-order valence-electron chi connectivity index (χ0n) is 22.9. The summed E-state index contributed by atoms with van der Waals surface area (Å²) in [7, 11) is 7.28. The van der Waals surface area contributed by atoms with E-state index in [4.69, 9.17) is 33.2 Å². The first-order chi connectivity index (χ1) is 18.9. The molecule has 39 heavy (non-hydrogen) atoms. The molecule has 0 aliphatic rings. The van der Waals surface area contributed by atoms with Crippen molar-refractivity contribution in [2.24, 2.45) is 0 Å². The predicted molar refractivity (Wildman–Crippen MR) is 143 cm³/mol. The van der Waals surface area contributed by atoms with E-state index in [1.165, 1.54) is 35.5 Å². The highest BCUT2D eigenvalue weighted by Crippen LogP contribution is 2.41. The molecule has 3 aromatic carbocycles. The van der Waals surface area contributed by atoms with Gasteiger partial charge in [-0.1, -0.05) is 60.7 Å². The summed E-state index contributed by atoms with van der Waals surface area (Å²) in [5, 5.41) is 0. The Balaban J connectivity index is 2.00. The van der Waals surface area contributed by atoms with Crippen LogP contribution in [0.25, 0.3) is 0 Å². The topological polar surface area (TPSA) is 98.8 Å². The number of hydrogen-bond donors (Lipinski definition) is 0. The van der Waals surface area contributed by atoms with E-state index in [0.29, 0.717) is 33.9 Å². The van der Waals surface area contributed by atoms with Crippen molar-refractivity contribution in [1.29, 1.82) is 0 Å². The minimum atomic E-state index is -1.11. The molecule has 0 spiro atoms. The molecule has 9 heteroatoms. The van der Waals surface area contributed by atoms with Crippen LogP contribution in [0, 0.1) is 0 Å². The molecule has 0 bridgehead atoms. The predicted octanol–water partition coefficient (Wildman–Crippen LogP) is 5.00. The highest BCUT2D eigenvalue weighted by Gasteiger charge is 2.35. The summed E-state index contributed by atoms with van der Waals surface area (Å²) in [6.07, 6.45) is -4.07. The first kappa shape index (κ1) is 29.5. The third-order valence-corrected chi connectivity index (χ3v) is 6.12. The number of rotatable bonds is 13. The Morgan fingerprint density at radius 2 is 1.03 bits per heavy atom. The van der Waals surface area contributed by atoms with Crippen molar-refractivity contribution in [3.8, 4) is 17.2 Å². The molecule has 0 amide bonds. The van der Waals surface area contributed by atoms with Gasteiger partial charge in [-0.25, -0.2) is 9.59 Å². The summed E-state index contributed by atoms with van der Waals surface area (Å²) in [5.41, 5.74) is 1.63. The lowest BCUT2D eigenvalue weighted by Crippen LogP contribution is -2.31. The number of hydrogen-bond acceptors (Lipinski definition) is 9. The van der Waals surface area contributed by atoms with Crippen LogP contribution in [0.2, 0.25) is 0 Å². The quantitative estimate of drug-likeness (QED) is 0.278. The van der Waals surface area contributed by atoms with Gasteiger partial charge in [0.05, 0.1) is 21.3 Å². The van der Waals surface area contributed by atoms with E-state index >= 15 is 0 Å². The van der Waals surface area contributed by atoms with E-state index in [-0.39, 0.29) is 0 Å². The van der Waals surface area contributed by atoms with Gasteiger partial charge in [0.15, 0.2) is 29.8 Å². The third kappa shape index (κ3) is 7.07. The molecule has 0 saturated carbocycles. The standard InChI is InChI=1S/C30H34O9/c1-19(38-29(31)27(36-5)20-13-9-7-10-14-20)26(22-17-24(34-3)25(35-4)18-23(22)33-2)39-30(32)28(37-6)21-15-11-8-12-16-21/h7-19,26-28H,1-6H3/t19-,26+,27+,28+/m0/s1. The molecule has 0 aliphatic heterocycles. The average Bonchev–Trinajstić information content (AvgIpc) is 2.97. The van der Waals surface area contributed by atoms with Crippen molar-refractivity contribution >= 4 is 11.9 Å². The lowest BCUT2D eigenvalue weighted by Gasteiger charge is -2.29. The second kappa shape index (κ2) is 14.2. The average molecular weight is 539 g/mol. The Morgan fingerprint density at radius 1 is 0.590 bits per heavy atom. The van der Waals surface area contributed by atoms with Crippen LogP contribution in [0.3, 0.4) is 0 Å². The fourth-order valence-electron chi connectivity index (χ4n) is 4.17. The molecule has 0 radical (unpaired) electrons. The van der Waals surface area contributed by atoms with Gasteiger partial charge in [0, 0.05) is 25.8 Å². The largest absolute Gasteiger partial charge is 0.496 e. The van der Waals surface area contributed by atoms with Gasteiger partial charge in [-0.05, 0) is 24.1 Å². The molecule has 0 aromatic heterocycles. The number of carbonyl (C=O) groups excluding carboxylic acids is 2. The molecule has 0 saturated heterocycles. The summed E-state index contributed by atoms with van der Waals surface area (Å²) in [5.74, 6) is -0.204. The van der Waals surface area contributed by atoms with E-state index in [0.717, 1.165) is 0 Å². The SMILES string of the molecule is COc1cc(OC)c([C@H](OC(=O)[C@H](OC)c2ccccc2)[C@H](C)OC(=O)[C@H](OC)c2ccccc2)cc1OC. The van der Waals surface area contributed by atoms with Crippen LogP contribution in [0.4, 0.5) is 0 Å². The highest BCUT2D eigenvalue weighted by atomic mass is 16.6. The van der Waals surface area contributed by atoms with Gasteiger partial charge in [-0.15, -0.1) is 0 Å². The molecule has 4 atom stereocenters. The Morgan fingerprint density at radius 3 is 1.46 bits per heavy atom. The van der Waals surface area contributed by atoms with Crippen molar-refractivity contribution in [1.82, 2.24) is 0 Å². The van der Waals surface area contributed by atoms with Crippen molar-refractivity contribution in [2.75, 3.05) is 35.5 Å². The van der Waals surface area contributed by atoms with Crippen LogP contribution in [-0.4, -0.2) is 53.6 Å². The molecule has 0 heterocycles. The second-order valence-corrected chi connectivity index (χ2v) is 8.50. The molecule has 208 valence electrons. The highest BCUT2D eigenvalue weighted by molar-refractivity contribution is 5.78. The van der Waals surface area contributed by atoms with E-state index in [1.54, 1.807) is 67.6 Å². The second-order valence-electron chi connectivity index (χ2n) is 8.50. The molecule has 3 rings (SSSR count). The van der Waals surface area contributed by atoms with Crippen LogP contribution in [0.15, 0.2) is 72.8 Å². The molecular formula is C30H34O9. The fourth-order valence-corrected chi connectivity index (χ4v) is 4.17. The fraction of sp³-hybridized carbons (Fsp3) is 0.333. The van der Waals surface area contributed by atoms with Crippen molar-refractivity contribution in [2.45, 2.75) is 31.3 Å². The number of carbonyl (C=O) groups is 2. The van der Waals surface area contributed by atoms with E-state index in [2.05, 4.69) is 0 Å². The maximum atomic E-state index is 13.4. The van der Waals surface area contributed by atoms with E-state index < -0.39 is 36.4 Å². The van der Waals surface area contributed by atoms with Crippen LogP contribution in [0.1, 0.15) is 41.9 Å². The lowest BCUT2D eigenvalue weighted by atomic mass is 10.0. The van der Waals surface area contributed by atoms with E-state index in [9.17, 15) is 9.59 Å². The van der Waals surface area contributed by atoms with Gasteiger partial charge in [0.2, 0.25) is 0 Å². The van der Waals surface area contributed by atoms with Gasteiger partial charge in [-0.2, -0.15) is 0 Å². The molecule has 9 nitrogen and oxygen atoms in total. The Kier molecular flexibility index (Phi) is 10.7. The van der Waals surface area contributed by atoms with Crippen LogP contribution in [-0.2, 0) is 28.5 Å². The minimum absolute atomic E-state index is 0.341. The normalized spacial score (nSPS) is 13.9.